The van der Waals surface area contributed by atoms with Crippen LogP contribution >= 0.6 is 11.8 Å². The third kappa shape index (κ3) is 5.16. The van der Waals surface area contributed by atoms with Gasteiger partial charge in [-0.3, -0.25) is 19.2 Å². The summed E-state index contributed by atoms with van der Waals surface area (Å²) in [4.78, 5) is 58.2. The van der Waals surface area contributed by atoms with Gasteiger partial charge in [0.2, 0.25) is 17.7 Å². The summed E-state index contributed by atoms with van der Waals surface area (Å²) in [6.07, 6.45) is 8.27. The number of amides is 4. The Kier molecular flexibility index (Phi) is 7.35. The summed E-state index contributed by atoms with van der Waals surface area (Å²) in [5.41, 5.74) is 1.02. The van der Waals surface area contributed by atoms with Gasteiger partial charge in [0.15, 0.2) is 5.16 Å². The highest BCUT2D eigenvalue weighted by molar-refractivity contribution is 7.99. The number of carbonyl (C=O) groups excluding carboxylic acids is 4. The van der Waals surface area contributed by atoms with Crippen molar-refractivity contribution in [3.63, 3.8) is 0 Å². The van der Waals surface area contributed by atoms with Gasteiger partial charge in [-0.2, -0.15) is 0 Å². The number of imide groups is 1. The van der Waals surface area contributed by atoms with Gasteiger partial charge in [-0.05, 0) is 37.1 Å². The van der Waals surface area contributed by atoms with Crippen molar-refractivity contribution in [3.05, 3.63) is 36.7 Å². The quantitative estimate of drug-likeness (QED) is 0.480. The number of benzene rings is 1. The van der Waals surface area contributed by atoms with Crippen LogP contribution in [0.25, 0.3) is 0 Å². The zero-order chi connectivity index (χ0) is 24.2. The lowest BCUT2D eigenvalue weighted by Gasteiger charge is -2.37. The molecule has 1 saturated carbocycles. The molecule has 34 heavy (non-hydrogen) atoms. The van der Waals surface area contributed by atoms with Crippen molar-refractivity contribution in [1.82, 2.24) is 14.5 Å². The van der Waals surface area contributed by atoms with Crippen molar-refractivity contribution in [1.29, 1.82) is 0 Å². The topological polar surface area (TPSA) is 105 Å². The lowest BCUT2D eigenvalue weighted by molar-refractivity contribution is -0.139. The van der Waals surface area contributed by atoms with Gasteiger partial charge in [0.05, 0.1) is 17.9 Å². The first kappa shape index (κ1) is 24.0. The van der Waals surface area contributed by atoms with Gasteiger partial charge < -0.3 is 14.8 Å². The van der Waals surface area contributed by atoms with Crippen molar-refractivity contribution in [2.24, 2.45) is 7.05 Å². The van der Waals surface area contributed by atoms with Crippen LogP contribution in [0, 0.1) is 0 Å². The summed E-state index contributed by atoms with van der Waals surface area (Å²) in [6, 6.07) is 5.71. The summed E-state index contributed by atoms with van der Waals surface area (Å²) in [5.74, 6) is -0.893. The predicted octanol–water partition coefficient (Wildman–Crippen LogP) is 2.96. The van der Waals surface area contributed by atoms with E-state index in [1.165, 1.54) is 18.7 Å². The Labute approximate surface area is 202 Å². The molecule has 2 fully saturated rings. The fourth-order valence-electron chi connectivity index (χ4n) is 4.68. The number of rotatable bonds is 7. The lowest BCUT2D eigenvalue weighted by Crippen LogP contribution is -2.52. The van der Waals surface area contributed by atoms with Gasteiger partial charge in [-0.25, -0.2) is 9.88 Å². The molecule has 1 N–H and O–H groups in total. The fraction of sp³-hybridized carbons (Fsp3) is 0.458. The maximum absolute atomic E-state index is 13.5. The van der Waals surface area contributed by atoms with Gasteiger partial charge in [-0.1, -0.05) is 31.0 Å². The summed E-state index contributed by atoms with van der Waals surface area (Å²) in [7, 11) is 1.87. The standard InChI is InChI=1S/C24H29N5O4S/c1-16(30)26-17-8-10-19(11-9-17)29-21(31)14-20(23(29)33)28(18-6-4-3-5-7-18)22(32)15-34-24-25-12-13-27(24)2/h8-13,18,20H,3-7,14-15H2,1-2H3,(H,26,30). The normalized spacial score (nSPS) is 18.9. The summed E-state index contributed by atoms with van der Waals surface area (Å²) < 4.78 is 1.85. The third-order valence-electron chi connectivity index (χ3n) is 6.26. The van der Waals surface area contributed by atoms with E-state index in [4.69, 9.17) is 0 Å². The Morgan fingerprint density at radius 1 is 1.15 bits per heavy atom. The number of aromatic nitrogens is 2. The number of nitrogens with one attached hydrogen (secondary N) is 1. The van der Waals surface area contributed by atoms with E-state index in [1.807, 2.05) is 17.8 Å². The van der Waals surface area contributed by atoms with Crippen LogP contribution < -0.4 is 10.2 Å². The second-order valence-electron chi connectivity index (χ2n) is 8.72. The van der Waals surface area contributed by atoms with E-state index < -0.39 is 6.04 Å². The molecule has 1 saturated heterocycles. The number of aryl methyl sites for hydroxylation is 1. The average molecular weight is 484 g/mol. The highest BCUT2D eigenvalue weighted by atomic mass is 32.2. The number of thioether (sulfide) groups is 1. The monoisotopic (exact) mass is 483 g/mol. The molecule has 0 radical (unpaired) electrons. The molecule has 1 unspecified atom stereocenters. The van der Waals surface area contributed by atoms with Crippen molar-refractivity contribution in [2.75, 3.05) is 16.0 Å². The van der Waals surface area contributed by atoms with Gasteiger partial charge >= 0.3 is 0 Å². The SMILES string of the molecule is CC(=O)Nc1ccc(N2C(=O)CC(N(C(=O)CSc3nccn3C)C3CCCCC3)C2=O)cc1. The molecule has 2 aromatic rings. The van der Waals surface area contributed by atoms with E-state index in [2.05, 4.69) is 10.3 Å². The first-order valence-corrected chi connectivity index (χ1v) is 12.5. The van der Waals surface area contributed by atoms with Crippen molar-refractivity contribution in [2.45, 2.75) is 62.7 Å². The second kappa shape index (κ2) is 10.4. The molecule has 1 atom stereocenters. The van der Waals surface area contributed by atoms with Crippen LogP contribution in [0.4, 0.5) is 11.4 Å². The Morgan fingerprint density at radius 3 is 2.47 bits per heavy atom. The first-order chi connectivity index (χ1) is 16.3. The summed E-state index contributed by atoms with van der Waals surface area (Å²) in [6.45, 7) is 1.41. The van der Waals surface area contributed by atoms with Gasteiger partial charge in [0.1, 0.15) is 6.04 Å². The van der Waals surface area contributed by atoms with Gasteiger partial charge in [0.25, 0.3) is 5.91 Å². The zero-order valence-corrected chi connectivity index (χ0v) is 20.2. The number of imidazole rings is 1. The minimum absolute atomic E-state index is 0.0262. The maximum atomic E-state index is 13.5. The van der Waals surface area contributed by atoms with Crippen molar-refractivity contribution >= 4 is 46.8 Å². The molecule has 180 valence electrons. The third-order valence-corrected chi connectivity index (χ3v) is 7.31. The average Bonchev–Trinajstić information content (AvgIpc) is 3.35. The van der Waals surface area contributed by atoms with Crippen molar-refractivity contribution < 1.29 is 19.2 Å². The van der Waals surface area contributed by atoms with Crippen LogP contribution in [0.3, 0.4) is 0 Å². The van der Waals surface area contributed by atoms with Crippen LogP contribution in [0.15, 0.2) is 41.8 Å². The molecule has 1 aliphatic carbocycles. The minimum Gasteiger partial charge on any atom is -0.329 e. The number of nitrogens with zero attached hydrogens (tertiary/aromatic N) is 4. The Bertz CT molecular complexity index is 1080. The maximum Gasteiger partial charge on any atom is 0.257 e. The predicted molar refractivity (Wildman–Crippen MR) is 129 cm³/mol. The minimum atomic E-state index is -0.805. The van der Waals surface area contributed by atoms with Crippen LogP contribution in [-0.4, -0.2) is 55.9 Å². The molecule has 1 aromatic heterocycles. The largest absolute Gasteiger partial charge is 0.329 e. The molecular formula is C24H29N5O4S. The van der Waals surface area contributed by atoms with Crippen LogP contribution in [-0.2, 0) is 26.2 Å². The van der Waals surface area contributed by atoms with E-state index in [0.29, 0.717) is 11.4 Å². The lowest BCUT2D eigenvalue weighted by atomic mass is 9.92. The molecule has 4 rings (SSSR count). The molecule has 2 heterocycles. The Morgan fingerprint density at radius 2 is 1.85 bits per heavy atom. The second-order valence-corrected chi connectivity index (χ2v) is 9.66. The number of carbonyl (C=O) groups is 4. The molecule has 9 nitrogen and oxygen atoms in total. The van der Waals surface area contributed by atoms with E-state index >= 15 is 0 Å². The van der Waals surface area contributed by atoms with E-state index in [-0.39, 0.29) is 41.8 Å². The molecule has 4 amide bonds. The molecular weight excluding hydrogens is 454 g/mol. The summed E-state index contributed by atoms with van der Waals surface area (Å²) >= 11 is 1.33. The van der Waals surface area contributed by atoms with Crippen LogP contribution in [0.1, 0.15) is 45.4 Å². The van der Waals surface area contributed by atoms with E-state index in [9.17, 15) is 19.2 Å². The zero-order valence-electron chi connectivity index (χ0n) is 19.4. The first-order valence-electron chi connectivity index (χ1n) is 11.5. The smallest absolute Gasteiger partial charge is 0.257 e. The molecule has 1 aliphatic heterocycles. The van der Waals surface area contributed by atoms with Crippen LogP contribution in [0.5, 0.6) is 0 Å². The van der Waals surface area contributed by atoms with Gasteiger partial charge in [-0.15, -0.1) is 0 Å². The van der Waals surface area contributed by atoms with Gasteiger partial charge in [0, 0.05) is 38.1 Å². The summed E-state index contributed by atoms with van der Waals surface area (Å²) in [5, 5.41) is 3.40. The Hall–Kier alpha value is -3.14. The van der Waals surface area contributed by atoms with E-state index in [0.717, 1.165) is 42.2 Å². The fourth-order valence-corrected chi connectivity index (χ4v) is 5.49. The highest BCUT2D eigenvalue weighted by Gasteiger charge is 2.46. The van der Waals surface area contributed by atoms with Crippen molar-refractivity contribution in [3.8, 4) is 0 Å². The Balaban J connectivity index is 1.54. The molecule has 0 bridgehead atoms. The highest BCUT2D eigenvalue weighted by Crippen LogP contribution is 2.32. The molecule has 1 aromatic carbocycles. The number of hydrogen-bond donors (Lipinski definition) is 1. The number of hydrogen-bond acceptors (Lipinski definition) is 6. The van der Waals surface area contributed by atoms with Crippen LogP contribution in [0.2, 0.25) is 0 Å². The number of anilines is 2. The molecule has 2 aliphatic rings. The molecule has 0 spiro atoms. The van der Waals surface area contributed by atoms with E-state index in [1.54, 1.807) is 35.4 Å². The molecule has 10 heteroatoms.